The fourth-order valence-corrected chi connectivity index (χ4v) is 3.87. The van der Waals surface area contributed by atoms with Crippen molar-refractivity contribution in [2.45, 2.75) is 37.8 Å². The van der Waals surface area contributed by atoms with Crippen LogP contribution in [0.5, 0.6) is 23.0 Å². The second-order valence-electron chi connectivity index (χ2n) is 7.63. The third-order valence-electron chi connectivity index (χ3n) is 5.69. The van der Waals surface area contributed by atoms with E-state index in [0.717, 1.165) is 25.7 Å². The predicted molar refractivity (Wildman–Crippen MR) is 120 cm³/mol. The average molecular weight is 443 g/mol. The average Bonchev–Trinajstić information content (AvgIpc) is 2.84. The normalized spacial score (nSPS) is 17.8. The van der Waals surface area contributed by atoms with Gasteiger partial charge in [-0.3, -0.25) is 9.59 Å². The van der Waals surface area contributed by atoms with E-state index in [4.69, 9.17) is 18.9 Å². The Bertz CT molecular complexity index is 876. The molecule has 1 aliphatic rings. The SMILES string of the molecule is COc1ccc(C(=O)NC2CCC(NC(=O)c3ccc(OC)c(OC)c3)CC2)cc1OC. The monoisotopic (exact) mass is 442 g/mol. The highest BCUT2D eigenvalue weighted by molar-refractivity contribution is 5.95. The minimum Gasteiger partial charge on any atom is -0.493 e. The number of carbonyl (C=O) groups is 2. The Morgan fingerprint density at radius 1 is 0.625 bits per heavy atom. The van der Waals surface area contributed by atoms with Gasteiger partial charge >= 0.3 is 0 Å². The second kappa shape index (κ2) is 10.7. The lowest BCUT2D eigenvalue weighted by Gasteiger charge is -2.29. The molecule has 2 aromatic carbocycles. The predicted octanol–water partition coefficient (Wildman–Crippen LogP) is 3.19. The van der Waals surface area contributed by atoms with Gasteiger partial charge in [-0.1, -0.05) is 0 Å². The molecule has 0 saturated heterocycles. The Balaban J connectivity index is 1.52. The summed E-state index contributed by atoms with van der Waals surface area (Å²) in [7, 11) is 6.19. The zero-order chi connectivity index (χ0) is 23.1. The van der Waals surface area contributed by atoms with Crippen LogP contribution >= 0.6 is 0 Å². The number of hydrogen-bond acceptors (Lipinski definition) is 6. The minimum atomic E-state index is -0.149. The zero-order valence-electron chi connectivity index (χ0n) is 18.9. The van der Waals surface area contributed by atoms with E-state index in [1.807, 2.05) is 0 Å². The molecule has 8 nitrogen and oxygen atoms in total. The molecule has 1 aliphatic carbocycles. The molecule has 2 aromatic rings. The smallest absolute Gasteiger partial charge is 0.251 e. The fraction of sp³-hybridized carbons (Fsp3) is 0.417. The van der Waals surface area contributed by atoms with Gasteiger partial charge < -0.3 is 29.6 Å². The maximum absolute atomic E-state index is 12.6. The highest BCUT2D eigenvalue weighted by Gasteiger charge is 2.25. The Morgan fingerprint density at radius 2 is 0.969 bits per heavy atom. The molecule has 0 unspecified atom stereocenters. The second-order valence-corrected chi connectivity index (χ2v) is 7.63. The number of carbonyl (C=O) groups excluding carboxylic acids is 2. The topological polar surface area (TPSA) is 95.1 Å². The van der Waals surface area contributed by atoms with Gasteiger partial charge in [0, 0.05) is 23.2 Å². The highest BCUT2D eigenvalue weighted by atomic mass is 16.5. The summed E-state index contributed by atoms with van der Waals surface area (Å²) in [6, 6.07) is 10.3. The van der Waals surface area contributed by atoms with E-state index in [-0.39, 0.29) is 23.9 Å². The lowest BCUT2D eigenvalue weighted by molar-refractivity contribution is 0.0891. The minimum absolute atomic E-state index is 0.0600. The number of ether oxygens (including phenoxy) is 4. The van der Waals surface area contributed by atoms with Gasteiger partial charge in [0.2, 0.25) is 0 Å². The van der Waals surface area contributed by atoms with E-state index in [1.54, 1.807) is 50.6 Å². The summed E-state index contributed by atoms with van der Waals surface area (Å²) in [4.78, 5) is 25.3. The van der Waals surface area contributed by atoms with Gasteiger partial charge in [-0.25, -0.2) is 0 Å². The largest absolute Gasteiger partial charge is 0.493 e. The van der Waals surface area contributed by atoms with Crippen LogP contribution in [0.4, 0.5) is 0 Å². The van der Waals surface area contributed by atoms with Gasteiger partial charge in [-0.05, 0) is 62.1 Å². The molecule has 32 heavy (non-hydrogen) atoms. The number of hydrogen-bond donors (Lipinski definition) is 2. The Kier molecular flexibility index (Phi) is 7.81. The van der Waals surface area contributed by atoms with Crippen molar-refractivity contribution < 1.29 is 28.5 Å². The van der Waals surface area contributed by atoms with Crippen LogP contribution in [0.3, 0.4) is 0 Å². The fourth-order valence-electron chi connectivity index (χ4n) is 3.87. The molecule has 0 spiro atoms. The molecule has 0 atom stereocenters. The molecule has 1 saturated carbocycles. The standard InChI is InChI=1S/C24H30N2O6/c1-29-19-11-5-15(13-21(19)31-3)23(27)25-17-7-9-18(10-8-17)26-24(28)16-6-12-20(30-2)22(14-16)32-4/h5-6,11-14,17-18H,7-10H2,1-4H3,(H,25,27)(H,26,28). The van der Waals surface area contributed by atoms with Crippen molar-refractivity contribution >= 4 is 11.8 Å². The van der Waals surface area contributed by atoms with Crippen LogP contribution < -0.4 is 29.6 Å². The van der Waals surface area contributed by atoms with Crippen LogP contribution in [0.1, 0.15) is 46.4 Å². The molecule has 0 aliphatic heterocycles. The molecule has 0 aromatic heterocycles. The summed E-state index contributed by atoms with van der Waals surface area (Å²) in [5.74, 6) is 1.89. The maximum Gasteiger partial charge on any atom is 0.251 e. The van der Waals surface area contributed by atoms with Gasteiger partial charge in [0.1, 0.15) is 0 Å². The summed E-state index contributed by atoms with van der Waals surface area (Å²) < 4.78 is 21.0. The Labute approximate surface area is 188 Å². The molecule has 0 radical (unpaired) electrons. The van der Waals surface area contributed by atoms with Crippen LogP contribution in [0, 0.1) is 0 Å². The number of nitrogens with one attached hydrogen (secondary N) is 2. The van der Waals surface area contributed by atoms with Crippen LogP contribution in [0.25, 0.3) is 0 Å². The third kappa shape index (κ3) is 5.43. The first-order valence-corrected chi connectivity index (χ1v) is 10.5. The lowest BCUT2D eigenvalue weighted by Crippen LogP contribution is -2.43. The molecule has 0 bridgehead atoms. The number of benzene rings is 2. The van der Waals surface area contributed by atoms with Crippen LogP contribution in [0.2, 0.25) is 0 Å². The summed E-state index contributed by atoms with van der Waals surface area (Å²) in [6.07, 6.45) is 3.15. The van der Waals surface area contributed by atoms with E-state index >= 15 is 0 Å². The van der Waals surface area contributed by atoms with E-state index < -0.39 is 0 Å². The molecule has 1 fully saturated rings. The van der Waals surface area contributed by atoms with Crippen LogP contribution in [0.15, 0.2) is 36.4 Å². The number of rotatable bonds is 8. The van der Waals surface area contributed by atoms with Crippen LogP contribution in [-0.2, 0) is 0 Å². The first kappa shape index (κ1) is 23.2. The Morgan fingerprint density at radius 3 is 1.28 bits per heavy atom. The van der Waals surface area contributed by atoms with E-state index in [9.17, 15) is 9.59 Å². The lowest BCUT2D eigenvalue weighted by atomic mass is 9.90. The van der Waals surface area contributed by atoms with Crippen molar-refractivity contribution in [3.63, 3.8) is 0 Å². The molecular weight excluding hydrogens is 412 g/mol. The van der Waals surface area contributed by atoms with Crippen molar-refractivity contribution in [2.75, 3.05) is 28.4 Å². The van der Waals surface area contributed by atoms with E-state index in [2.05, 4.69) is 10.6 Å². The summed E-state index contributed by atoms with van der Waals surface area (Å²) in [5.41, 5.74) is 1.04. The summed E-state index contributed by atoms with van der Waals surface area (Å²) in [5, 5.41) is 6.16. The van der Waals surface area contributed by atoms with E-state index in [0.29, 0.717) is 34.1 Å². The van der Waals surface area contributed by atoms with Crippen molar-refractivity contribution in [1.82, 2.24) is 10.6 Å². The number of amides is 2. The van der Waals surface area contributed by atoms with Gasteiger partial charge in [0.05, 0.1) is 28.4 Å². The highest BCUT2D eigenvalue weighted by Crippen LogP contribution is 2.29. The number of methoxy groups -OCH3 is 4. The molecule has 2 amide bonds. The quantitative estimate of drug-likeness (QED) is 0.652. The van der Waals surface area contributed by atoms with Gasteiger partial charge in [-0.2, -0.15) is 0 Å². The maximum atomic E-state index is 12.6. The third-order valence-corrected chi connectivity index (χ3v) is 5.69. The molecule has 2 N–H and O–H groups in total. The summed E-state index contributed by atoms with van der Waals surface area (Å²) in [6.45, 7) is 0. The van der Waals surface area contributed by atoms with Gasteiger partial charge in [0.15, 0.2) is 23.0 Å². The first-order chi connectivity index (χ1) is 15.5. The molecule has 8 heteroatoms. The Hall–Kier alpha value is -3.42. The molecular formula is C24H30N2O6. The first-order valence-electron chi connectivity index (χ1n) is 10.5. The van der Waals surface area contributed by atoms with Crippen molar-refractivity contribution in [3.05, 3.63) is 47.5 Å². The van der Waals surface area contributed by atoms with E-state index in [1.165, 1.54) is 14.2 Å². The van der Waals surface area contributed by atoms with Crippen molar-refractivity contribution in [1.29, 1.82) is 0 Å². The van der Waals surface area contributed by atoms with Gasteiger partial charge in [-0.15, -0.1) is 0 Å². The van der Waals surface area contributed by atoms with Crippen molar-refractivity contribution in [2.24, 2.45) is 0 Å². The van der Waals surface area contributed by atoms with Crippen molar-refractivity contribution in [3.8, 4) is 23.0 Å². The zero-order valence-corrected chi connectivity index (χ0v) is 18.9. The van der Waals surface area contributed by atoms with Gasteiger partial charge in [0.25, 0.3) is 11.8 Å². The molecule has 3 rings (SSSR count). The summed E-state index contributed by atoms with van der Waals surface area (Å²) >= 11 is 0. The molecule has 172 valence electrons. The molecule has 0 heterocycles. The van der Waals surface area contributed by atoms with Crippen LogP contribution in [-0.4, -0.2) is 52.3 Å².